The zero-order valence-corrected chi connectivity index (χ0v) is 24.6. The van der Waals surface area contributed by atoms with Crippen LogP contribution < -0.4 is 10.6 Å². The summed E-state index contributed by atoms with van der Waals surface area (Å²) in [6.45, 7) is 6.08. The lowest BCUT2D eigenvalue weighted by molar-refractivity contribution is -0.118. The molecular formula is C31H36N2O4S2. The molecule has 1 aromatic heterocycles. The van der Waals surface area contributed by atoms with Gasteiger partial charge < -0.3 is 15.4 Å². The minimum atomic E-state index is -0.570. The highest BCUT2D eigenvalue weighted by atomic mass is 32.2. The van der Waals surface area contributed by atoms with Crippen LogP contribution in [-0.4, -0.2) is 24.9 Å². The number of carbonyl (C=O) groups is 3. The van der Waals surface area contributed by atoms with Crippen LogP contribution in [0.3, 0.4) is 0 Å². The molecule has 206 valence electrons. The van der Waals surface area contributed by atoms with Crippen molar-refractivity contribution in [2.75, 3.05) is 17.7 Å². The van der Waals surface area contributed by atoms with Gasteiger partial charge >= 0.3 is 5.97 Å². The molecule has 1 heterocycles. The first-order valence-corrected chi connectivity index (χ1v) is 15.0. The van der Waals surface area contributed by atoms with Crippen molar-refractivity contribution >= 4 is 51.6 Å². The fraction of sp³-hybridized carbons (Fsp3) is 0.387. The van der Waals surface area contributed by atoms with Crippen LogP contribution in [0, 0.1) is 5.41 Å². The van der Waals surface area contributed by atoms with E-state index in [-0.39, 0.29) is 17.2 Å². The minimum Gasteiger partial charge on any atom is -0.465 e. The molecule has 1 unspecified atom stereocenters. The lowest BCUT2D eigenvalue weighted by Crippen LogP contribution is -2.20. The molecule has 2 aromatic carbocycles. The van der Waals surface area contributed by atoms with Crippen LogP contribution in [0.4, 0.5) is 10.7 Å². The summed E-state index contributed by atoms with van der Waals surface area (Å²) in [5.74, 6) is -0.669. The van der Waals surface area contributed by atoms with E-state index in [0.29, 0.717) is 22.7 Å². The van der Waals surface area contributed by atoms with Crippen LogP contribution >= 0.6 is 23.1 Å². The van der Waals surface area contributed by atoms with Gasteiger partial charge in [-0.3, -0.25) is 9.59 Å². The summed E-state index contributed by atoms with van der Waals surface area (Å²) in [5.41, 5.74) is 2.93. The van der Waals surface area contributed by atoms with Crippen LogP contribution in [0.5, 0.6) is 0 Å². The number of thioether (sulfide) groups is 1. The van der Waals surface area contributed by atoms with Crippen LogP contribution in [0.15, 0.2) is 59.5 Å². The Morgan fingerprint density at radius 2 is 1.72 bits per heavy atom. The molecule has 0 saturated heterocycles. The van der Waals surface area contributed by atoms with Gasteiger partial charge in [0.05, 0.1) is 12.7 Å². The van der Waals surface area contributed by atoms with Gasteiger partial charge in [-0.05, 0) is 60.4 Å². The summed E-state index contributed by atoms with van der Waals surface area (Å²) < 4.78 is 5.12. The highest BCUT2D eigenvalue weighted by Crippen LogP contribution is 2.41. The smallest absolute Gasteiger partial charge is 0.341 e. The molecule has 8 heteroatoms. The van der Waals surface area contributed by atoms with Crippen molar-refractivity contribution in [3.8, 4) is 0 Å². The molecule has 0 bridgehead atoms. The van der Waals surface area contributed by atoms with Gasteiger partial charge in [0, 0.05) is 21.9 Å². The number of amides is 2. The van der Waals surface area contributed by atoms with Crippen molar-refractivity contribution < 1.29 is 19.1 Å². The molecule has 6 nitrogen and oxygen atoms in total. The number of esters is 1. The molecular weight excluding hydrogens is 528 g/mol. The van der Waals surface area contributed by atoms with E-state index in [0.717, 1.165) is 53.0 Å². The number of ether oxygens (including phenoxy) is 1. The lowest BCUT2D eigenvalue weighted by atomic mass is 9.92. The number of carbonyl (C=O) groups excluding carboxylic acids is 3. The fourth-order valence-electron chi connectivity index (χ4n) is 4.70. The Kier molecular flexibility index (Phi) is 9.51. The first-order valence-electron chi connectivity index (χ1n) is 13.3. The van der Waals surface area contributed by atoms with Gasteiger partial charge in [-0.15, -0.1) is 23.1 Å². The summed E-state index contributed by atoms with van der Waals surface area (Å²) in [6.07, 6.45) is 5.36. The molecule has 1 aliphatic carbocycles. The number of benzene rings is 2. The third kappa shape index (κ3) is 7.73. The van der Waals surface area contributed by atoms with E-state index < -0.39 is 11.2 Å². The number of hydrogen-bond donors (Lipinski definition) is 2. The van der Waals surface area contributed by atoms with Crippen LogP contribution in [-0.2, 0) is 27.2 Å². The van der Waals surface area contributed by atoms with Gasteiger partial charge in [-0.2, -0.15) is 0 Å². The van der Waals surface area contributed by atoms with Gasteiger partial charge in [0.25, 0.3) is 0 Å². The Morgan fingerprint density at radius 3 is 2.44 bits per heavy atom. The maximum absolute atomic E-state index is 13.8. The third-order valence-corrected chi connectivity index (χ3v) is 8.91. The quantitative estimate of drug-likeness (QED) is 0.167. The summed E-state index contributed by atoms with van der Waals surface area (Å²) in [4.78, 5) is 41.1. The van der Waals surface area contributed by atoms with Crippen molar-refractivity contribution in [2.24, 2.45) is 5.41 Å². The highest BCUT2D eigenvalue weighted by Gasteiger charge is 2.29. The van der Waals surface area contributed by atoms with Gasteiger partial charge in [-0.25, -0.2) is 4.79 Å². The van der Waals surface area contributed by atoms with E-state index in [1.807, 2.05) is 75.4 Å². The van der Waals surface area contributed by atoms with E-state index in [4.69, 9.17) is 4.74 Å². The number of anilines is 2. The molecule has 0 radical (unpaired) electrons. The molecule has 39 heavy (non-hydrogen) atoms. The van der Waals surface area contributed by atoms with Crippen molar-refractivity contribution in [2.45, 2.75) is 69.4 Å². The topological polar surface area (TPSA) is 84.5 Å². The minimum absolute atomic E-state index is 0.0465. The Labute approximate surface area is 238 Å². The molecule has 3 aromatic rings. The SMILES string of the molecule is COC(=O)c1c(NC(=O)C(Sc2cccc(NC(=O)CC(C)(C)C)c2)c2ccccc2)sc2c1CCCCC2. The first kappa shape index (κ1) is 28.9. The van der Waals surface area contributed by atoms with Crippen LogP contribution in [0.1, 0.15) is 78.1 Å². The average Bonchev–Trinajstić information content (AvgIpc) is 3.06. The third-order valence-electron chi connectivity index (χ3n) is 6.45. The number of thiophene rings is 1. The summed E-state index contributed by atoms with van der Waals surface area (Å²) >= 11 is 2.90. The summed E-state index contributed by atoms with van der Waals surface area (Å²) in [7, 11) is 1.38. The predicted molar refractivity (Wildman–Crippen MR) is 160 cm³/mol. The van der Waals surface area contributed by atoms with E-state index in [1.54, 1.807) is 0 Å². The van der Waals surface area contributed by atoms with E-state index >= 15 is 0 Å². The Balaban J connectivity index is 1.60. The molecule has 4 rings (SSSR count). The molecule has 0 spiro atoms. The van der Waals surface area contributed by atoms with Crippen molar-refractivity contribution in [3.05, 3.63) is 76.2 Å². The normalized spacial score (nSPS) is 14.1. The number of rotatable bonds is 8. The number of methoxy groups -OCH3 is 1. The highest BCUT2D eigenvalue weighted by molar-refractivity contribution is 8.00. The second-order valence-corrected chi connectivity index (χ2v) is 13.3. The van der Waals surface area contributed by atoms with E-state index in [9.17, 15) is 14.4 Å². The van der Waals surface area contributed by atoms with Gasteiger partial charge in [-0.1, -0.05) is 63.6 Å². The Morgan fingerprint density at radius 1 is 0.974 bits per heavy atom. The second-order valence-electron chi connectivity index (χ2n) is 11.0. The van der Waals surface area contributed by atoms with Gasteiger partial charge in [0.1, 0.15) is 10.3 Å². The number of aryl methyl sites for hydroxylation is 1. The second kappa shape index (κ2) is 12.8. The zero-order chi connectivity index (χ0) is 28.0. The molecule has 0 fully saturated rings. The molecule has 0 aliphatic heterocycles. The average molecular weight is 565 g/mol. The van der Waals surface area contributed by atoms with Gasteiger partial charge in [0.2, 0.25) is 11.8 Å². The molecule has 1 aliphatic rings. The largest absolute Gasteiger partial charge is 0.465 e. The zero-order valence-electron chi connectivity index (χ0n) is 23.0. The Hall–Kier alpha value is -3.10. The lowest BCUT2D eigenvalue weighted by Gasteiger charge is -2.19. The van der Waals surface area contributed by atoms with Crippen molar-refractivity contribution in [1.29, 1.82) is 0 Å². The molecule has 1 atom stereocenters. The number of fused-ring (bicyclic) bond motifs is 1. The number of nitrogens with one attached hydrogen (secondary N) is 2. The molecule has 2 amide bonds. The number of hydrogen-bond acceptors (Lipinski definition) is 6. The fourth-order valence-corrected chi connectivity index (χ4v) is 7.06. The predicted octanol–water partition coefficient (Wildman–Crippen LogP) is 7.65. The van der Waals surface area contributed by atoms with Crippen molar-refractivity contribution in [1.82, 2.24) is 0 Å². The van der Waals surface area contributed by atoms with E-state index in [1.165, 1.54) is 30.2 Å². The standard InChI is InChI=1S/C31H36N2O4S2/c1-31(2,3)19-25(34)32-21-14-11-15-22(18-21)38-27(20-12-7-5-8-13-20)28(35)33-29-26(30(36)37-4)23-16-9-6-10-17-24(23)39-29/h5,7-8,11-15,18,27H,6,9-10,16-17,19H2,1-4H3,(H,32,34)(H,33,35). The summed E-state index contributed by atoms with van der Waals surface area (Å²) in [5, 5.41) is 6.05. The van der Waals surface area contributed by atoms with Crippen LogP contribution in [0.2, 0.25) is 0 Å². The first-order chi connectivity index (χ1) is 18.6. The molecule has 2 N–H and O–H groups in total. The van der Waals surface area contributed by atoms with Crippen LogP contribution in [0.25, 0.3) is 0 Å². The van der Waals surface area contributed by atoms with Gasteiger partial charge in [0.15, 0.2) is 0 Å². The monoisotopic (exact) mass is 564 g/mol. The Bertz CT molecular complexity index is 1330. The van der Waals surface area contributed by atoms with Crippen molar-refractivity contribution in [3.63, 3.8) is 0 Å². The molecule has 0 saturated carbocycles. The maximum atomic E-state index is 13.8. The van der Waals surface area contributed by atoms with E-state index in [2.05, 4.69) is 10.6 Å². The maximum Gasteiger partial charge on any atom is 0.341 e. The summed E-state index contributed by atoms with van der Waals surface area (Å²) in [6, 6.07) is 17.1.